The molecule has 1 aliphatic heterocycles. The van der Waals surface area contributed by atoms with E-state index in [4.69, 9.17) is 14.1 Å². The summed E-state index contributed by atoms with van der Waals surface area (Å²) in [4.78, 5) is 9.68. The first-order valence-electron chi connectivity index (χ1n) is 20.5. The summed E-state index contributed by atoms with van der Waals surface area (Å²) >= 11 is 0. The third kappa shape index (κ3) is 6.16. The van der Waals surface area contributed by atoms with E-state index in [1.165, 1.54) is 27.8 Å². The second-order valence-corrected chi connectivity index (χ2v) is 16.5. The summed E-state index contributed by atoms with van der Waals surface area (Å²) < 4.78 is 15.5. The third-order valence-corrected chi connectivity index (χ3v) is 11.6. The smallest absolute Gasteiger partial charge is 0.161 e. The number of para-hydroxylation sites is 3. The molecule has 60 heavy (non-hydrogen) atoms. The van der Waals surface area contributed by atoms with Crippen LogP contribution in [0.3, 0.4) is 0 Å². The van der Waals surface area contributed by atoms with Gasteiger partial charge in [-0.1, -0.05) is 112 Å². The van der Waals surface area contributed by atoms with Crippen LogP contribution < -0.4 is 14.5 Å². The fourth-order valence-electron chi connectivity index (χ4n) is 8.62. The van der Waals surface area contributed by atoms with Gasteiger partial charge in [-0.2, -0.15) is 0 Å². The number of hydrogen-bond donors (Lipinski definition) is 0. The summed E-state index contributed by atoms with van der Waals surface area (Å²) in [6.07, 6.45) is 1.90. The van der Waals surface area contributed by atoms with Crippen LogP contribution in [0, 0.1) is 0 Å². The zero-order chi connectivity index (χ0) is 40.4. The topological polar surface area (TPSA) is 46.7 Å². The van der Waals surface area contributed by atoms with Gasteiger partial charge in [-0.3, -0.25) is 4.57 Å². The van der Waals surface area contributed by atoms with Gasteiger partial charge in [-0.15, -0.1) is 0 Å². The SMILES string of the molecule is CC(C)(C)c1ccnc(-n2c3cc(Oc4cccc(N5CN(c6cc(-c7ccccc7)cc(-c7ccccc7)c6)c6ccccc65)c4)ccc3c3oc4ccccc4c32)c1. The molecule has 0 fully saturated rings. The van der Waals surface area contributed by atoms with E-state index < -0.39 is 0 Å². The maximum absolute atomic E-state index is 6.74. The molecule has 6 heteroatoms. The van der Waals surface area contributed by atoms with Crippen LogP contribution in [0.4, 0.5) is 22.7 Å². The minimum absolute atomic E-state index is 0.0400. The number of anilines is 4. The van der Waals surface area contributed by atoms with Crippen LogP contribution in [0.5, 0.6) is 11.5 Å². The molecule has 0 aliphatic carbocycles. The van der Waals surface area contributed by atoms with Crippen LogP contribution in [0.25, 0.3) is 61.0 Å². The number of hydrogen-bond acceptors (Lipinski definition) is 5. The third-order valence-electron chi connectivity index (χ3n) is 11.6. The number of rotatable bonds is 7. The molecule has 0 bridgehead atoms. The van der Waals surface area contributed by atoms with Gasteiger partial charge >= 0.3 is 0 Å². The highest BCUT2D eigenvalue weighted by Crippen LogP contribution is 2.47. The first kappa shape index (κ1) is 35.6. The van der Waals surface area contributed by atoms with Gasteiger partial charge in [0.1, 0.15) is 35.1 Å². The van der Waals surface area contributed by atoms with Crippen molar-refractivity contribution in [3.8, 4) is 39.6 Å². The largest absolute Gasteiger partial charge is 0.457 e. The van der Waals surface area contributed by atoms with Gasteiger partial charge in [0, 0.05) is 40.5 Å². The Kier molecular flexibility index (Phi) is 8.34. The molecule has 0 spiro atoms. The molecule has 6 nitrogen and oxygen atoms in total. The molecular weight excluding hydrogens is 737 g/mol. The van der Waals surface area contributed by atoms with Gasteiger partial charge in [-0.05, 0) is 112 Å². The number of ether oxygens (including phenoxy) is 1. The molecule has 0 N–H and O–H groups in total. The average molecular weight is 779 g/mol. The van der Waals surface area contributed by atoms with E-state index in [2.05, 4.69) is 193 Å². The van der Waals surface area contributed by atoms with Crippen molar-refractivity contribution >= 4 is 55.7 Å². The summed E-state index contributed by atoms with van der Waals surface area (Å²) in [5.41, 5.74) is 14.0. The summed E-state index contributed by atoms with van der Waals surface area (Å²) in [6.45, 7) is 7.33. The molecular formula is C54H42N4O2. The molecule has 3 aromatic heterocycles. The molecule has 1 aliphatic rings. The van der Waals surface area contributed by atoms with Crippen LogP contribution in [-0.4, -0.2) is 16.2 Å². The lowest BCUT2D eigenvalue weighted by atomic mass is 9.88. The normalized spacial score (nSPS) is 12.8. The van der Waals surface area contributed by atoms with Gasteiger partial charge in [0.2, 0.25) is 0 Å². The van der Waals surface area contributed by atoms with E-state index in [0.29, 0.717) is 6.67 Å². The Balaban J connectivity index is 0.965. The number of benzene rings is 7. The molecule has 11 rings (SSSR count). The van der Waals surface area contributed by atoms with Crippen LogP contribution in [0.1, 0.15) is 26.3 Å². The summed E-state index contributed by atoms with van der Waals surface area (Å²) in [7, 11) is 0. The minimum Gasteiger partial charge on any atom is -0.457 e. The van der Waals surface area contributed by atoms with E-state index >= 15 is 0 Å². The Hall–Kier alpha value is -7.57. The molecule has 0 amide bonds. The summed E-state index contributed by atoms with van der Waals surface area (Å²) in [5.74, 6) is 2.32. The standard InChI is InChI=1S/C54H42N4O2/c1-54(2,3)40-27-28-55-51(32-40)58-49-34-44(25-26-45(49)53-52(58)46-21-10-13-24-50(46)60-53)59-43-20-14-19-41(33-43)56-35-57(48-23-12-11-22-47(48)56)42-30-38(36-15-6-4-7-16-36)29-39(31-42)37-17-8-5-9-18-37/h4-34H,35H2,1-3H3. The van der Waals surface area contributed by atoms with E-state index in [1.54, 1.807) is 0 Å². The lowest BCUT2D eigenvalue weighted by Gasteiger charge is -2.24. The Morgan fingerprint density at radius 1 is 0.533 bits per heavy atom. The van der Waals surface area contributed by atoms with E-state index in [0.717, 1.165) is 73.0 Å². The highest BCUT2D eigenvalue weighted by atomic mass is 16.5. The van der Waals surface area contributed by atoms with Crippen LogP contribution in [0.15, 0.2) is 193 Å². The molecule has 0 radical (unpaired) electrons. The van der Waals surface area contributed by atoms with Crippen LogP contribution in [-0.2, 0) is 5.41 Å². The Morgan fingerprint density at radius 2 is 1.18 bits per heavy atom. The van der Waals surface area contributed by atoms with Crippen molar-refractivity contribution in [2.75, 3.05) is 16.5 Å². The van der Waals surface area contributed by atoms with E-state index in [1.807, 2.05) is 30.5 Å². The van der Waals surface area contributed by atoms with Crippen molar-refractivity contribution in [2.45, 2.75) is 26.2 Å². The molecule has 7 aromatic carbocycles. The Bertz CT molecular complexity index is 3160. The molecule has 0 atom stereocenters. The predicted molar refractivity (Wildman–Crippen MR) is 246 cm³/mol. The van der Waals surface area contributed by atoms with Gasteiger partial charge in [-0.25, -0.2) is 4.98 Å². The fourth-order valence-corrected chi connectivity index (χ4v) is 8.62. The van der Waals surface area contributed by atoms with Crippen molar-refractivity contribution in [1.29, 1.82) is 0 Å². The molecule has 0 saturated heterocycles. The summed E-state index contributed by atoms with van der Waals surface area (Å²) in [5, 5.41) is 2.05. The molecule has 0 saturated carbocycles. The monoisotopic (exact) mass is 778 g/mol. The number of fused-ring (bicyclic) bond motifs is 6. The van der Waals surface area contributed by atoms with Crippen molar-refractivity contribution in [3.05, 3.63) is 194 Å². The number of furan rings is 1. The molecule has 10 aromatic rings. The summed E-state index contributed by atoms with van der Waals surface area (Å²) in [6, 6.07) is 63.9. The van der Waals surface area contributed by atoms with Crippen LogP contribution in [0.2, 0.25) is 0 Å². The van der Waals surface area contributed by atoms with Crippen LogP contribution >= 0.6 is 0 Å². The second-order valence-electron chi connectivity index (χ2n) is 16.5. The molecule has 290 valence electrons. The Morgan fingerprint density at radius 3 is 1.90 bits per heavy atom. The lowest BCUT2D eigenvalue weighted by molar-refractivity contribution is 0.483. The number of pyridine rings is 1. The van der Waals surface area contributed by atoms with E-state index in [9.17, 15) is 0 Å². The highest BCUT2D eigenvalue weighted by molar-refractivity contribution is 6.16. The Labute approximate surface area is 349 Å². The van der Waals surface area contributed by atoms with Crippen molar-refractivity contribution in [2.24, 2.45) is 0 Å². The second kappa shape index (κ2) is 14.1. The molecule has 0 unspecified atom stereocenters. The predicted octanol–water partition coefficient (Wildman–Crippen LogP) is 14.6. The van der Waals surface area contributed by atoms with Crippen molar-refractivity contribution < 1.29 is 9.15 Å². The van der Waals surface area contributed by atoms with Gasteiger partial charge in [0.15, 0.2) is 5.58 Å². The van der Waals surface area contributed by atoms with Gasteiger partial charge in [0.25, 0.3) is 0 Å². The first-order valence-corrected chi connectivity index (χ1v) is 20.5. The van der Waals surface area contributed by atoms with Gasteiger partial charge < -0.3 is 19.0 Å². The van der Waals surface area contributed by atoms with Crippen molar-refractivity contribution in [1.82, 2.24) is 9.55 Å². The van der Waals surface area contributed by atoms with Crippen molar-refractivity contribution in [3.63, 3.8) is 0 Å². The maximum Gasteiger partial charge on any atom is 0.161 e. The molecule has 4 heterocycles. The minimum atomic E-state index is -0.0400. The highest BCUT2D eigenvalue weighted by Gasteiger charge is 2.29. The fraction of sp³-hybridized carbons (Fsp3) is 0.0926. The first-order chi connectivity index (χ1) is 29.4. The quantitative estimate of drug-likeness (QED) is 0.161. The number of nitrogens with zero attached hydrogens (tertiary/aromatic N) is 4. The zero-order valence-corrected chi connectivity index (χ0v) is 33.7. The zero-order valence-electron chi connectivity index (χ0n) is 33.7. The number of aromatic nitrogens is 2. The van der Waals surface area contributed by atoms with E-state index in [-0.39, 0.29) is 5.41 Å². The average Bonchev–Trinajstić information content (AvgIpc) is 3.96. The maximum atomic E-state index is 6.74. The lowest BCUT2D eigenvalue weighted by Crippen LogP contribution is -2.24. The van der Waals surface area contributed by atoms with Gasteiger partial charge in [0.05, 0.1) is 16.9 Å².